The van der Waals surface area contributed by atoms with Gasteiger partial charge in [0.05, 0.1) is 19.2 Å². The molecule has 0 spiro atoms. The molecule has 21 heavy (non-hydrogen) atoms. The average molecular weight is 287 g/mol. The van der Waals surface area contributed by atoms with Crippen molar-refractivity contribution in [2.45, 2.75) is 33.4 Å². The Morgan fingerprint density at radius 3 is 2.95 bits per heavy atom. The summed E-state index contributed by atoms with van der Waals surface area (Å²) in [5.41, 5.74) is 2.54. The van der Waals surface area contributed by atoms with Crippen LogP contribution in [0.4, 0.5) is 5.69 Å². The van der Waals surface area contributed by atoms with Crippen LogP contribution in [-0.4, -0.2) is 22.6 Å². The van der Waals surface area contributed by atoms with Crippen LogP contribution < -0.4 is 5.32 Å². The number of carbonyl (C=O) groups is 1. The molecule has 2 aromatic rings. The molecule has 0 amide bonds. The van der Waals surface area contributed by atoms with E-state index in [1.165, 1.54) is 7.11 Å². The SMILES string of the molecule is CCCn1ccnc1CNc1cc(C(=O)OC)ccc1C. The Balaban J connectivity index is 2.12. The largest absolute Gasteiger partial charge is 0.465 e. The quantitative estimate of drug-likeness (QED) is 0.830. The molecular weight excluding hydrogens is 266 g/mol. The third kappa shape index (κ3) is 3.62. The molecule has 1 heterocycles. The number of rotatable bonds is 6. The lowest BCUT2D eigenvalue weighted by atomic mass is 10.1. The van der Waals surface area contributed by atoms with E-state index in [0.29, 0.717) is 12.1 Å². The van der Waals surface area contributed by atoms with Gasteiger partial charge in [0.1, 0.15) is 5.82 Å². The molecule has 0 aliphatic rings. The molecule has 0 atom stereocenters. The minimum atomic E-state index is -0.328. The predicted octanol–water partition coefficient (Wildman–Crippen LogP) is 3.00. The van der Waals surface area contributed by atoms with Gasteiger partial charge < -0.3 is 14.6 Å². The molecule has 112 valence electrons. The fourth-order valence-electron chi connectivity index (χ4n) is 2.18. The maximum Gasteiger partial charge on any atom is 0.337 e. The Bertz CT molecular complexity index is 620. The molecule has 0 radical (unpaired) electrons. The van der Waals surface area contributed by atoms with Gasteiger partial charge in [0.2, 0.25) is 0 Å². The van der Waals surface area contributed by atoms with Crippen LogP contribution in [0.25, 0.3) is 0 Å². The zero-order valence-electron chi connectivity index (χ0n) is 12.7. The molecule has 1 N–H and O–H groups in total. The minimum absolute atomic E-state index is 0.328. The van der Waals surface area contributed by atoms with Gasteiger partial charge in [-0.25, -0.2) is 9.78 Å². The highest BCUT2D eigenvalue weighted by Gasteiger charge is 2.09. The van der Waals surface area contributed by atoms with E-state index in [0.717, 1.165) is 30.0 Å². The van der Waals surface area contributed by atoms with Crippen LogP contribution in [0.15, 0.2) is 30.6 Å². The maximum atomic E-state index is 11.6. The van der Waals surface area contributed by atoms with Gasteiger partial charge in [-0.15, -0.1) is 0 Å². The number of ether oxygens (including phenoxy) is 1. The van der Waals surface area contributed by atoms with Gasteiger partial charge in [-0.3, -0.25) is 0 Å². The van der Waals surface area contributed by atoms with E-state index in [2.05, 4.69) is 21.8 Å². The third-order valence-electron chi connectivity index (χ3n) is 3.36. The molecule has 0 bridgehead atoms. The monoisotopic (exact) mass is 287 g/mol. The summed E-state index contributed by atoms with van der Waals surface area (Å²) in [7, 11) is 1.39. The summed E-state index contributed by atoms with van der Waals surface area (Å²) in [6.07, 6.45) is 4.86. The second kappa shape index (κ2) is 6.92. The van der Waals surface area contributed by atoms with Gasteiger partial charge >= 0.3 is 5.97 Å². The van der Waals surface area contributed by atoms with Gasteiger partial charge in [0, 0.05) is 24.6 Å². The molecule has 2 rings (SSSR count). The van der Waals surface area contributed by atoms with Crippen molar-refractivity contribution >= 4 is 11.7 Å². The summed E-state index contributed by atoms with van der Waals surface area (Å²) in [6.45, 7) is 5.72. The number of imidazole rings is 1. The number of methoxy groups -OCH3 is 1. The zero-order valence-corrected chi connectivity index (χ0v) is 12.7. The van der Waals surface area contributed by atoms with E-state index >= 15 is 0 Å². The van der Waals surface area contributed by atoms with Crippen molar-refractivity contribution in [3.05, 3.63) is 47.5 Å². The molecule has 0 aliphatic heterocycles. The highest BCUT2D eigenvalue weighted by Crippen LogP contribution is 2.18. The average Bonchev–Trinajstić information content (AvgIpc) is 2.93. The van der Waals surface area contributed by atoms with Crippen molar-refractivity contribution in [1.29, 1.82) is 0 Å². The van der Waals surface area contributed by atoms with Crippen LogP contribution in [-0.2, 0) is 17.8 Å². The van der Waals surface area contributed by atoms with Gasteiger partial charge in [0.15, 0.2) is 0 Å². The lowest BCUT2D eigenvalue weighted by Crippen LogP contribution is -2.10. The fraction of sp³-hybridized carbons (Fsp3) is 0.375. The third-order valence-corrected chi connectivity index (χ3v) is 3.36. The van der Waals surface area contributed by atoms with E-state index in [9.17, 15) is 4.79 Å². The van der Waals surface area contributed by atoms with E-state index in [-0.39, 0.29) is 5.97 Å². The zero-order chi connectivity index (χ0) is 15.2. The Morgan fingerprint density at radius 1 is 1.43 bits per heavy atom. The predicted molar refractivity (Wildman–Crippen MR) is 82.4 cm³/mol. The van der Waals surface area contributed by atoms with Crippen molar-refractivity contribution in [2.24, 2.45) is 0 Å². The first kappa shape index (κ1) is 15.1. The lowest BCUT2D eigenvalue weighted by Gasteiger charge is -2.12. The normalized spacial score (nSPS) is 10.4. The van der Waals surface area contributed by atoms with E-state index < -0.39 is 0 Å². The van der Waals surface area contributed by atoms with Gasteiger partial charge in [-0.1, -0.05) is 13.0 Å². The summed E-state index contributed by atoms with van der Waals surface area (Å²) in [5, 5.41) is 3.34. The van der Waals surface area contributed by atoms with E-state index in [1.54, 1.807) is 6.07 Å². The van der Waals surface area contributed by atoms with Crippen molar-refractivity contribution < 1.29 is 9.53 Å². The number of nitrogens with zero attached hydrogens (tertiary/aromatic N) is 2. The van der Waals surface area contributed by atoms with Crippen LogP contribution in [0.1, 0.15) is 35.1 Å². The topological polar surface area (TPSA) is 56.2 Å². The number of esters is 1. The lowest BCUT2D eigenvalue weighted by molar-refractivity contribution is 0.0601. The Labute approximate surface area is 125 Å². The van der Waals surface area contributed by atoms with Crippen molar-refractivity contribution in [3.8, 4) is 0 Å². The summed E-state index contributed by atoms with van der Waals surface area (Å²) in [6, 6.07) is 5.49. The maximum absolute atomic E-state index is 11.6. The van der Waals surface area contributed by atoms with E-state index in [4.69, 9.17) is 4.74 Å². The standard InChI is InChI=1S/C16H21N3O2/c1-4-8-19-9-7-17-15(19)11-18-14-10-13(16(20)21-3)6-5-12(14)2/h5-7,9-10,18H,4,8,11H2,1-3H3. The Morgan fingerprint density at radius 2 is 2.24 bits per heavy atom. The second-order valence-electron chi connectivity index (χ2n) is 4.91. The fourth-order valence-corrected chi connectivity index (χ4v) is 2.18. The van der Waals surface area contributed by atoms with Crippen LogP contribution in [0, 0.1) is 6.92 Å². The highest BCUT2D eigenvalue weighted by atomic mass is 16.5. The van der Waals surface area contributed by atoms with E-state index in [1.807, 2.05) is 31.5 Å². The number of benzene rings is 1. The summed E-state index contributed by atoms with van der Waals surface area (Å²) < 4.78 is 6.88. The number of hydrogen-bond acceptors (Lipinski definition) is 4. The smallest absolute Gasteiger partial charge is 0.337 e. The number of aromatic nitrogens is 2. The Hall–Kier alpha value is -2.30. The molecule has 0 unspecified atom stereocenters. The number of hydrogen-bond donors (Lipinski definition) is 1. The van der Waals surface area contributed by atoms with Crippen LogP contribution >= 0.6 is 0 Å². The molecular formula is C16H21N3O2. The van der Waals surface area contributed by atoms with Crippen LogP contribution in [0.2, 0.25) is 0 Å². The molecule has 0 saturated carbocycles. The molecule has 1 aromatic heterocycles. The second-order valence-corrected chi connectivity index (χ2v) is 4.91. The molecule has 1 aromatic carbocycles. The highest BCUT2D eigenvalue weighted by molar-refractivity contribution is 5.90. The van der Waals surface area contributed by atoms with Crippen LogP contribution in [0.3, 0.4) is 0 Å². The first-order valence-electron chi connectivity index (χ1n) is 7.08. The summed E-state index contributed by atoms with van der Waals surface area (Å²) in [4.78, 5) is 15.9. The van der Waals surface area contributed by atoms with Gasteiger partial charge in [-0.05, 0) is 31.0 Å². The van der Waals surface area contributed by atoms with Gasteiger partial charge in [-0.2, -0.15) is 0 Å². The molecule has 0 fully saturated rings. The minimum Gasteiger partial charge on any atom is -0.465 e. The van der Waals surface area contributed by atoms with Crippen molar-refractivity contribution in [2.75, 3.05) is 12.4 Å². The number of anilines is 1. The molecule has 0 aliphatic carbocycles. The Kier molecular flexibility index (Phi) is 4.98. The summed E-state index contributed by atoms with van der Waals surface area (Å²) in [5.74, 6) is 0.658. The molecule has 0 saturated heterocycles. The van der Waals surface area contributed by atoms with Crippen LogP contribution in [0.5, 0.6) is 0 Å². The molecule has 5 nitrogen and oxygen atoms in total. The number of nitrogens with one attached hydrogen (secondary N) is 1. The summed E-state index contributed by atoms with van der Waals surface area (Å²) >= 11 is 0. The van der Waals surface area contributed by atoms with Crippen molar-refractivity contribution in [1.82, 2.24) is 9.55 Å². The number of aryl methyl sites for hydroxylation is 2. The molecule has 5 heteroatoms. The van der Waals surface area contributed by atoms with Crippen molar-refractivity contribution in [3.63, 3.8) is 0 Å². The first-order valence-corrected chi connectivity index (χ1v) is 7.08. The number of carbonyl (C=O) groups excluding carboxylic acids is 1. The first-order chi connectivity index (χ1) is 10.2. The van der Waals surface area contributed by atoms with Gasteiger partial charge in [0.25, 0.3) is 0 Å².